The van der Waals surface area contributed by atoms with Crippen LogP contribution in [0.25, 0.3) is 10.9 Å². The minimum atomic E-state index is -4.71. The van der Waals surface area contributed by atoms with Crippen molar-refractivity contribution in [3.63, 3.8) is 0 Å². The third-order valence-electron chi connectivity index (χ3n) is 2.90. The molecule has 106 valence electrons. The number of hydrogen-bond donors (Lipinski definition) is 0. The molecule has 0 saturated carbocycles. The monoisotopic (exact) mass is 283 g/mol. The third kappa shape index (κ3) is 2.45. The van der Waals surface area contributed by atoms with E-state index in [1.165, 1.54) is 19.9 Å². The molecule has 2 rings (SSSR count). The van der Waals surface area contributed by atoms with Crippen LogP contribution in [0.3, 0.4) is 0 Å². The van der Waals surface area contributed by atoms with E-state index in [4.69, 9.17) is 4.74 Å². The van der Waals surface area contributed by atoms with Gasteiger partial charge in [0.15, 0.2) is 5.69 Å². The van der Waals surface area contributed by atoms with Crippen LogP contribution in [0.5, 0.6) is 0 Å². The highest BCUT2D eigenvalue weighted by molar-refractivity contribution is 5.98. The molecule has 0 radical (unpaired) electrons. The summed E-state index contributed by atoms with van der Waals surface area (Å²) >= 11 is 0. The van der Waals surface area contributed by atoms with Crippen molar-refractivity contribution in [1.82, 2.24) is 4.98 Å². The smallest absolute Gasteiger partial charge is 0.434 e. The van der Waals surface area contributed by atoms with Crippen molar-refractivity contribution < 1.29 is 22.7 Å². The number of hydrogen-bond acceptors (Lipinski definition) is 3. The van der Waals surface area contributed by atoms with Gasteiger partial charge < -0.3 is 4.74 Å². The molecule has 0 aliphatic carbocycles. The van der Waals surface area contributed by atoms with Crippen LogP contribution in [0, 0.1) is 6.92 Å². The predicted molar refractivity (Wildman–Crippen MR) is 67.4 cm³/mol. The molecule has 0 bridgehead atoms. The van der Waals surface area contributed by atoms with Crippen LogP contribution in [-0.4, -0.2) is 17.6 Å². The molecule has 20 heavy (non-hydrogen) atoms. The number of halogens is 3. The molecule has 1 heterocycles. The second-order valence-corrected chi connectivity index (χ2v) is 4.20. The summed E-state index contributed by atoms with van der Waals surface area (Å²) in [7, 11) is 0. The van der Waals surface area contributed by atoms with Crippen LogP contribution in [0.4, 0.5) is 13.2 Å². The van der Waals surface area contributed by atoms with E-state index in [1.54, 1.807) is 18.2 Å². The number of rotatable bonds is 2. The molecule has 0 aliphatic rings. The molecular formula is C14H12F3NO2. The molecule has 0 N–H and O–H groups in total. The van der Waals surface area contributed by atoms with Gasteiger partial charge in [0.2, 0.25) is 0 Å². The van der Waals surface area contributed by atoms with Gasteiger partial charge in [-0.2, -0.15) is 13.2 Å². The van der Waals surface area contributed by atoms with Gasteiger partial charge in [-0.1, -0.05) is 18.2 Å². The molecule has 0 spiro atoms. The van der Waals surface area contributed by atoms with Crippen LogP contribution in [0.15, 0.2) is 24.3 Å². The number of aromatic nitrogens is 1. The van der Waals surface area contributed by atoms with Crippen LogP contribution in [-0.2, 0) is 10.9 Å². The lowest BCUT2D eigenvalue weighted by atomic mass is 10.0. The van der Waals surface area contributed by atoms with E-state index in [2.05, 4.69) is 4.98 Å². The fraction of sp³-hybridized carbons (Fsp3) is 0.286. The summed E-state index contributed by atoms with van der Waals surface area (Å²) in [5.74, 6) is -1.00. The van der Waals surface area contributed by atoms with E-state index in [0.717, 1.165) is 0 Å². The van der Waals surface area contributed by atoms with E-state index in [1.807, 2.05) is 0 Å². The molecular weight excluding hydrogens is 271 g/mol. The van der Waals surface area contributed by atoms with Crippen LogP contribution in [0.1, 0.15) is 28.5 Å². The lowest BCUT2D eigenvalue weighted by molar-refractivity contribution is -0.141. The number of aryl methyl sites for hydroxylation is 1. The molecule has 1 aromatic carbocycles. The first-order chi connectivity index (χ1) is 9.36. The molecule has 0 unspecified atom stereocenters. The lowest BCUT2D eigenvalue weighted by Gasteiger charge is -2.15. The summed E-state index contributed by atoms with van der Waals surface area (Å²) in [6, 6.07) is 6.38. The Morgan fingerprint density at radius 1 is 1.30 bits per heavy atom. The van der Waals surface area contributed by atoms with Crippen LogP contribution in [0.2, 0.25) is 0 Å². The normalized spacial score (nSPS) is 11.7. The molecule has 0 amide bonds. The van der Waals surface area contributed by atoms with Crippen LogP contribution < -0.4 is 0 Å². The van der Waals surface area contributed by atoms with Crippen molar-refractivity contribution in [3.05, 3.63) is 41.1 Å². The predicted octanol–water partition coefficient (Wildman–Crippen LogP) is 3.74. The van der Waals surface area contributed by atoms with Crippen molar-refractivity contribution in [1.29, 1.82) is 0 Å². The largest absolute Gasteiger partial charge is 0.462 e. The number of ether oxygens (including phenoxy) is 1. The van der Waals surface area contributed by atoms with Gasteiger partial charge in [-0.15, -0.1) is 0 Å². The first-order valence-electron chi connectivity index (χ1n) is 6.00. The second kappa shape index (κ2) is 5.11. The van der Waals surface area contributed by atoms with Gasteiger partial charge in [-0.05, 0) is 25.5 Å². The fourth-order valence-corrected chi connectivity index (χ4v) is 2.04. The molecule has 2 aromatic rings. The fourth-order valence-electron chi connectivity index (χ4n) is 2.04. The number of benzene rings is 1. The Balaban J connectivity index is 2.80. The molecule has 0 fully saturated rings. The van der Waals surface area contributed by atoms with Gasteiger partial charge in [-0.3, -0.25) is 0 Å². The van der Waals surface area contributed by atoms with Gasteiger partial charge in [0, 0.05) is 5.39 Å². The van der Waals surface area contributed by atoms with Gasteiger partial charge in [0.25, 0.3) is 0 Å². The quantitative estimate of drug-likeness (QED) is 0.788. The Morgan fingerprint density at radius 2 is 1.95 bits per heavy atom. The van der Waals surface area contributed by atoms with Crippen molar-refractivity contribution in [3.8, 4) is 0 Å². The average Bonchev–Trinajstić information content (AvgIpc) is 2.37. The Kier molecular flexibility index (Phi) is 3.65. The number of carbonyl (C=O) groups excluding carboxylic acids is 1. The zero-order chi connectivity index (χ0) is 14.9. The maximum absolute atomic E-state index is 13.1. The lowest BCUT2D eigenvalue weighted by Crippen LogP contribution is -2.19. The molecule has 3 nitrogen and oxygen atoms in total. The topological polar surface area (TPSA) is 39.2 Å². The summed E-state index contributed by atoms with van der Waals surface area (Å²) in [5.41, 5.74) is -1.29. The van der Waals surface area contributed by atoms with Crippen molar-refractivity contribution in [2.75, 3.05) is 6.61 Å². The van der Waals surface area contributed by atoms with E-state index in [9.17, 15) is 18.0 Å². The first-order valence-corrected chi connectivity index (χ1v) is 6.00. The summed E-state index contributed by atoms with van der Waals surface area (Å²) in [4.78, 5) is 15.4. The van der Waals surface area contributed by atoms with E-state index < -0.39 is 23.4 Å². The summed E-state index contributed by atoms with van der Waals surface area (Å²) in [6.45, 7) is 3.00. The van der Waals surface area contributed by atoms with Crippen molar-refractivity contribution >= 4 is 16.9 Å². The average molecular weight is 283 g/mol. The Morgan fingerprint density at radius 3 is 2.55 bits per heavy atom. The Labute approximate surface area is 113 Å². The van der Waals surface area contributed by atoms with Crippen molar-refractivity contribution in [2.45, 2.75) is 20.0 Å². The van der Waals surface area contributed by atoms with Crippen molar-refractivity contribution in [2.24, 2.45) is 0 Å². The van der Waals surface area contributed by atoms with E-state index >= 15 is 0 Å². The maximum atomic E-state index is 13.1. The van der Waals surface area contributed by atoms with E-state index in [-0.39, 0.29) is 17.7 Å². The number of nitrogens with zero attached hydrogens (tertiary/aromatic N) is 1. The molecule has 0 aliphatic heterocycles. The van der Waals surface area contributed by atoms with Gasteiger partial charge in [-0.25, -0.2) is 9.78 Å². The number of alkyl halides is 3. The molecule has 0 atom stereocenters. The maximum Gasteiger partial charge on any atom is 0.434 e. The highest BCUT2D eigenvalue weighted by Gasteiger charge is 2.39. The summed E-state index contributed by atoms with van der Waals surface area (Å²) in [5, 5.41) is 0.503. The standard InChI is InChI=1S/C14H12F3NO2/c1-3-20-13(19)11-8(2)9-6-4-5-7-10(9)18-12(11)14(15,16)17/h4-7H,3H2,1-2H3. The first kappa shape index (κ1) is 14.3. The van der Waals surface area contributed by atoms with Crippen LogP contribution >= 0.6 is 0 Å². The Hall–Kier alpha value is -2.11. The Bertz CT molecular complexity index is 665. The zero-order valence-corrected chi connectivity index (χ0v) is 10.9. The summed E-state index contributed by atoms with van der Waals surface area (Å²) in [6.07, 6.45) is -4.71. The van der Waals surface area contributed by atoms with Gasteiger partial charge >= 0.3 is 12.1 Å². The molecule has 6 heteroatoms. The number of carbonyl (C=O) groups is 1. The number of esters is 1. The summed E-state index contributed by atoms with van der Waals surface area (Å²) < 4.78 is 44.0. The highest BCUT2D eigenvalue weighted by atomic mass is 19.4. The SMILES string of the molecule is CCOC(=O)c1c(C(F)(F)F)nc2ccccc2c1C. The zero-order valence-electron chi connectivity index (χ0n) is 10.9. The minimum Gasteiger partial charge on any atom is -0.462 e. The third-order valence-corrected chi connectivity index (χ3v) is 2.90. The molecule has 1 aromatic heterocycles. The van der Waals surface area contributed by atoms with Gasteiger partial charge in [0.1, 0.15) is 0 Å². The molecule has 0 saturated heterocycles. The number of para-hydroxylation sites is 1. The highest BCUT2D eigenvalue weighted by Crippen LogP contribution is 2.35. The second-order valence-electron chi connectivity index (χ2n) is 4.20. The number of fused-ring (bicyclic) bond motifs is 1. The number of pyridine rings is 1. The minimum absolute atomic E-state index is 0.00238. The van der Waals surface area contributed by atoms with Gasteiger partial charge in [0.05, 0.1) is 17.7 Å². The van der Waals surface area contributed by atoms with E-state index in [0.29, 0.717) is 5.39 Å².